The van der Waals surface area contributed by atoms with Crippen LogP contribution < -0.4 is 5.32 Å². The lowest BCUT2D eigenvalue weighted by Gasteiger charge is -2.11. The van der Waals surface area contributed by atoms with E-state index in [1.54, 1.807) is 0 Å². The van der Waals surface area contributed by atoms with E-state index >= 15 is 0 Å². The molecule has 1 atom stereocenters. The van der Waals surface area contributed by atoms with Crippen molar-refractivity contribution < 1.29 is 29.1 Å². The number of benzene rings is 1. The van der Waals surface area contributed by atoms with E-state index in [0.717, 1.165) is 12.1 Å². The molecule has 1 amide bonds. The quantitative estimate of drug-likeness (QED) is 0.507. The van der Waals surface area contributed by atoms with Crippen molar-refractivity contribution in [1.29, 1.82) is 0 Å². The predicted octanol–water partition coefficient (Wildman–Crippen LogP) is -0.0908. The van der Waals surface area contributed by atoms with Gasteiger partial charge in [-0.15, -0.1) is 0 Å². The highest BCUT2D eigenvalue weighted by atomic mass is 19.1. The molecule has 0 radical (unpaired) electrons. The molecule has 0 saturated heterocycles. The first-order valence-electron chi connectivity index (χ1n) is 4.95. The Labute approximate surface area is 105 Å². The van der Waals surface area contributed by atoms with Gasteiger partial charge in [0.25, 0.3) is 5.91 Å². The highest BCUT2D eigenvalue weighted by Gasteiger charge is 2.22. The molecule has 0 saturated carbocycles. The van der Waals surface area contributed by atoms with Gasteiger partial charge in [-0.25, -0.2) is 4.79 Å². The number of rotatable bonds is 5. The molecule has 3 N–H and O–H groups in total. The number of aliphatic carboxylic acids is 1. The molecule has 0 aliphatic heterocycles. The zero-order valence-corrected chi connectivity index (χ0v) is 9.37. The number of nitrogens with one attached hydrogen (secondary N) is 1. The van der Waals surface area contributed by atoms with E-state index in [2.05, 4.69) is 0 Å². The van der Waals surface area contributed by atoms with Crippen molar-refractivity contribution in [3.05, 3.63) is 39.7 Å². The Hall–Kier alpha value is -2.55. The molecule has 19 heavy (non-hydrogen) atoms. The Morgan fingerprint density at radius 1 is 1.47 bits per heavy atom. The average molecular weight is 272 g/mol. The normalized spacial score (nSPS) is 11.7. The van der Waals surface area contributed by atoms with E-state index in [4.69, 9.17) is 10.2 Å². The van der Waals surface area contributed by atoms with Crippen molar-refractivity contribution in [3.8, 4) is 0 Å². The van der Waals surface area contributed by atoms with Gasteiger partial charge in [-0.1, -0.05) is 0 Å². The SMILES string of the molecule is O=C(N[C@H](CO)C(=O)O)c1ccc(F)c([N+](=O)[O-])c1. The molecule has 0 unspecified atom stereocenters. The first-order chi connectivity index (χ1) is 8.86. The van der Waals surface area contributed by atoms with Crippen LogP contribution in [0.4, 0.5) is 10.1 Å². The molecule has 0 fully saturated rings. The number of aliphatic hydroxyl groups excluding tert-OH is 1. The number of nitrogens with zero attached hydrogens (tertiary/aromatic N) is 1. The van der Waals surface area contributed by atoms with Crippen molar-refractivity contribution in [2.24, 2.45) is 0 Å². The standard InChI is InChI=1S/C10H9FN2O6/c11-6-2-1-5(3-8(6)13(18)19)9(15)12-7(4-14)10(16)17/h1-3,7,14H,4H2,(H,12,15)(H,16,17)/t7-/m1/s1. The van der Waals surface area contributed by atoms with Crippen molar-refractivity contribution in [2.75, 3.05) is 6.61 Å². The topological polar surface area (TPSA) is 130 Å². The van der Waals surface area contributed by atoms with Gasteiger partial charge < -0.3 is 15.5 Å². The number of amides is 1. The lowest BCUT2D eigenvalue weighted by atomic mass is 10.1. The first kappa shape index (κ1) is 14.5. The second-order valence-corrected chi connectivity index (χ2v) is 3.47. The number of carbonyl (C=O) groups excluding carboxylic acids is 1. The number of aliphatic hydroxyl groups is 1. The number of hydrogen-bond acceptors (Lipinski definition) is 5. The fraction of sp³-hybridized carbons (Fsp3) is 0.200. The maximum absolute atomic E-state index is 13.0. The molecule has 0 aliphatic rings. The van der Waals surface area contributed by atoms with E-state index in [1.165, 1.54) is 0 Å². The van der Waals surface area contributed by atoms with Gasteiger partial charge in [-0.3, -0.25) is 14.9 Å². The Bertz CT molecular complexity index is 533. The second-order valence-electron chi connectivity index (χ2n) is 3.47. The molecule has 1 aromatic rings. The Balaban J connectivity index is 2.97. The van der Waals surface area contributed by atoms with E-state index in [9.17, 15) is 24.1 Å². The Morgan fingerprint density at radius 3 is 2.58 bits per heavy atom. The van der Waals surface area contributed by atoms with Gasteiger partial charge >= 0.3 is 11.7 Å². The van der Waals surface area contributed by atoms with Crippen LogP contribution in [0.25, 0.3) is 0 Å². The van der Waals surface area contributed by atoms with Crippen LogP contribution in [-0.2, 0) is 4.79 Å². The molecule has 0 aliphatic carbocycles. The van der Waals surface area contributed by atoms with Gasteiger partial charge in [-0.2, -0.15) is 4.39 Å². The summed E-state index contributed by atoms with van der Waals surface area (Å²) in [5.74, 6) is -3.55. The largest absolute Gasteiger partial charge is 0.480 e. The van der Waals surface area contributed by atoms with Crippen molar-refractivity contribution >= 4 is 17.6 Å². The number of carbonyl (C=O) groups is 2. The van der Waals surface area contributed by atoms with Crippen molar-refractivity contribution in [2.45, 2.75) is 6.04 Å². The van der Waals surface area contributed by atoms with Crippen molar-refractivity contribution in [1.82, 2.24) is 5.32 Å². The van der Waals surface area contributed by atoms with Gasteiger partial charge in [0.15, 0.2) is 6.04 Å². The van der Waals surface area contributed by atoms with Crippen LogP contribution in [0.5, 0.6) is 0 Å². The zero-order valence-electron chi connectivity index (χ0n) is 9.37. The number of halogens is 1. The number of carboxylic acid groups (broad SMARTS) is 1. The maximum Gasteiger partial charge on any atom is 0.328 e. The third kappa shape index (κ3) is 3.45. The van der Waals surface area contributed by atoms with Gasteiger partial charge in [-0.05, 0) is 12.1 Å². The van der Waals surface area contributed by atoms with Gasteiger partial charge in [0.05, 0.1) is 11.5 Å². The van der Waals surface area contributed by atoms with Crippen LogP contribution >= 0.6 is 0 Å². The number of nitro groups is 1. The number of hydrogen-bond donors (Lipinski definition) is 3. The zero-order chi connectivity index (χ0) is 14.6. The summed E-state index contributed by atoms with van der Waals surface area (Å²) in [6.07, 6.45) is 0. The van der Waals surface area contributed by atoms with Gasteiger partial charge in [0.2, 0.25) is 5.82 Å². The van der Waals surface area contributed by atoms with Crippen LogP contribution in [0.1, 0.15) is 10.4 Å². The van der Waals surface area contributed by atoms with Crippen LogP contribution in [0.3, 0.4) is 0 Å². The molecule has 102 valence electrons. The molecule has 1 rings (SSSR count). The first-order valence-corrected chi connectivity index (χ1v) is 4.95. The smallest absolute Gasteiger partial charge is 0.328 e. The summed E-state index contributed by atoms with van der Waals surface area (Å²) in [4.78, 5) is 31.6. The average Bonchev–Trinajstić information content (AvgIpc) is 2.35. The van der Waals surface area contributed by atoms with E-state index < -0.39 is 41.0 Å². The third-order valence-corrected chi connectivity index (χ3v) is 2.19. The molecule has 9 heteroatoms. The third-order valence-electron chi connectivity index (χ3n) is 2.19. The highest BCUT2D eigenvalue weighted by molar-refractivity contribution is 5.97. The van der Waals surface area contributed by atoms with Gasteiger partial charge in [0, 0.05) is 11.6 Å². The number of nitro benzene ring substituents is 1. The minimum atomic E-state index is -1.54. The monoisotopic (exact) mass is 272 g/mol. The highest BCUT2D eigenvalue weighted by Crippen LogP contribution is 2.18. The second kappa shape index (κ2) is 5.87. The number of carboxylic acids is 1. The summed E-state index contributed by atoms with van der Waals surface area (Å²) in [6, 6.07) is 0.827. The van der Waals surface area contributed by atoms with Crippen LogP contribution in [0.2, 0.25) is 0 Å². The van der Waals surface area contributed by atoms with Crippen molar-refractivity contribution in [3.63, 3.8) is 0 Å². The molecule has 0 heterocycles. The van der Waals surface area contributed by atoms with E-state index in [1.807, 2.05) is 5.32 Å². The summed E-state index contributed by atoms with van der Waals surface area (Å²) < 4.78 is 13.0. The molecule has 8 nitrogen and oxygen atoms in total. The molecular formula is C10H9FN2O6. The summed E-state index contributed by atoms with van der Waals surface area (Å²) in [5.41, 5.74) is -1.18. The van der Waals surface area contributed by atoms with E-state index in [-0.39, 0.29) is 5.56 Å². The predicted molar refractivity (Wildman–Crippen MR) is 59.0 cm³/mol. The Kier molecular flexibility index (Phi) is 4.48. The minimum Gasteiger partial charge on any atom is -0.480 e. The molecule has 0 bridgehead atoms. The molecule has 0 aromatic heterocycles. The fourth-order valence-corrected chi connectivity index (χ4v) is 1.22. The van der Waals surface area contributed by atoms with Gasteiger partial charge in [0.1, 0.15) is 0 Å². The molecular weight excluding hydrogens is 263 g/mol. The van der Waals surface area contributed by atoms with Crippen LogP contribution in [0.15, 0.2) is 18.2 Å². The summed E-state index contributed by atoms with van der Waals surface area (Å²) in [6.45, 7) is -0.843. The summed E-state index contributed by atoms with van der Waals surface area (Å²) in [7, 11) is 0. The maximum atomic E-state index is 13.0. The lowest BCUT2D eigenvalue weighted by Crippen LogP contribution is -2.43. The van der Waals surface area contributed by atoms with E-state index in [0.29, 0.717) is 6.07 Å². The summed E-state index contributed by atoms with van der Waals surface area (Å²) >= 11 is 0. The molecule has 0 spiro atoms. The minimum absolute atomic E-state index is 0.284. The Morgan fingerprint density at radius 2 is 2.11 bits per heavy atom. The lowest BCUT2D eigenvalue weighted by molar-refractivity contribution is -0.387. The van der Waals surface area contributed by atoms with Crippen LogP contribution in [-0.4, -0.2) is 39.7 Å². The fourth-order valence-electron chi connectivity index (χ4n) is 1.22. The van der Waals surface area contributed by atoms with Crippen LogP contribution in [0, 0.1) is 15.9 Å². The summed E-state index contributed by atoms with van der Waals surface area (Å²) in [5, 5.41) is 29.7. The molecule has 1 aromatic carbocycles.